The summed E-state index contributed by atoms with van der Waals surface area (Å²) in [6.07, 6.45) is 42.3. The van der Waals surface area contributed by atoms with Crippen LogP contribution in [-0.2, 0) is 14.3 Å². The van der Waals surface area contributed by atoms with Gasteiger partial charge in [0.1, 0.15) is 0 Å². The second-order valence-corrected chi connectivity index (χ2v) is 16.3. The van der Waals surface area contributed by atoms with Gasteiger partial charge in [-0.2, -0.15) is 0 Å². The molecule has 55 heavy (non-hydrogen) atoms. The van der Waals surface area contributed by atoms with E-state index >= 15 is 0 Å². The molecule has 304 valence electrons. The minimum atomic E-state index is -0.194. The third-order valence-electron chi connectivity index (χ3n) is 10.3. The fourth-order valence-electron chi connectivity index (χ4n) is 6.45. The molecule has 0 spiro atoms. The zero-order valence-electron chi connectivity index (χ0n) is 37.1. The lowest BCUT2D eigenvalue weighted by Gasteiger charge is -2.11. The van der Waals surface area contributed by atoms with Gasteiger partial charge in [0.2, 0.25) is 5.78 Å². The molecule has 0 bridgehead atoms. The van der Waals surface area contributed by atoms with Crippen molar-refractivity contribution in [1.82, 2.24) is 0 Å². The molecule has 0 saturated carbocycles. The highest BCUT2D eigenvalue weighted by molar-refractivity contribution is 6.19. The summed E-state index contributed by atoms with van der Waals surface area (Å²) in [6.45, 7) is 22.3. The summed E-state index contributed by atoms with van der Waals surface area (Å²) in [4.78, 5) is 24.2. The highest BCUT2D eigenvalue weighted by atomic mass is 16.5. The second kappa shape index (κ2) is 29.6. The Morgan fingerprint density at radius 1 is 0.418 bits per heavy atom. The van der Waals surface area contributed by atoms with Crippen molar-refractivity contribution < 1.29 is 14.3 Å². The van der Waals surface area contributed by atoms with E-state index in [2.05, 4.69) is 124 Å². The molecule has 0 unspecified atom stereocenters. The molecule has 0 N–H and O–H groups in total. The molecule has 3 nitrogen and oxygen atoms in total. The van der Waals surface area contributed by atoms with Crippen LogP contribution in [0.5, 0.6) is 0 Å². The number of hydrogen-bond acceptors (Lipinski definition) is 3. The second-order valence-electron chi connectivity index (χ2n) is 16.3. The van der Waals surface area contributed by atoms with Crippen molar-refractivity contribution in [3.05, 3.63) is 128 Å². The lowest BCUT2D eigenvalue weighted by atomic mass is 9.97. The molecule has 0 aromatic heterocycles. The summed E-state index contributed by atoms with van der Waals surface area (Å²) in [5.74, 6) is -0.256. The molecule has 0 atom stereocenters. The number of carbonyl (C=O) groups is 2. The lowest BCUT2D eigenvalue weighted by molar-refractivity contribution is -0.117. The summed E-state index contributed by atoms with van der Waals surface area (Å²) in [6, 6.07) is 0. The van der Waals surface area contributed by atoms with Crippen molar-refractivity contribution in [2.24, 2.45) is 0 Å². The SMILES string of the molecule is COC1=CC(=O)C=C(CC=C(C)CCC=C(C)CCC=C(C)CCC=C(C)CCC=C(C)CCC=C(C)CCC=C(C)CCC=C(C)CCC=C(C)C)C1=O. The minimum Gasteiger partial charge on any atom is -0.493 e. The Labute approximate surface area is 338 Å². The maximum absolute atomic E-state index is 12.4. The number of hydrogen-bond donors (Lipinski definition) is 0. The number of methoxy groups -OCH3 is 1. The summed E-state index contributed by atoms with van der Waals surface area (Å²) in [7, 11) is 1.42. The number of Topliss-reactive ketones (excluding diaryl/α,β-unsaturated/α-hetero) is 1. The number of ether oxygens (including phenoxy) is 1. The number of carbonyl (C=O) groups excluding carboxylic acids is 2. The summed E-state index contributed by atoms with van der Waals surface area (Å²) in [5, 5.41) is 0. The van der Waals surface area contributed by atoms with Crippen LogP contribution in [0.25, 0.3) is 0 Å². The van der Waals surface area contributed by atoms with E-state index in [1.165, 1.54) is 88.7 Å². The molecule has 3 heteroatoms. The Morgan fingerprint density at radius 2 is 0.691 bits per heavy atom. The van der Waals surface area contributed by atoms with Gasteiger partial charge in [-0.25, -0.2) is 0 Å². The quantitative estimate of drug-likeness (QED) is 0.0620. The van der Waals surface area contributed by atoms with Gasteiger partial charge in [-0.15, -0.1) is 0 Å². The Hall–Kier alpha value is -3.72. The van der Waals surface area contributed by atoms with Gasteiger partial charge in [-0.05, 0) is 184 Å². The Bertz CT molecular complexity index is 1560. The highest BCUT2D eigenvalue weighted by Crippen LogP contribution is 2.20. The highest BCUT2D eigenvalue weighted by Gasteiger charge is 2.21. The topological polar surface area (TPSA) is 43.4 Å². The average Bonchev–Trinajstić information content (AvgIpc) is 3.11. The Kier molecular flexibility index (Phi) is 26.5. The molecule has 0 saturated heterocycles. The molecule has 1 rings (SSSR count). The van der Waals surface area contributed by atoms with Gasteiger partial charge in [0.05, 0.1) is 7.11 Å². The first kappa shape index (κ1) is 49.3. The molecule has 0 amide bonds. The van der Waals surface area contributed by atoms with Gasteiger partial charge in [0.15, 0.2) is 11.5 Å². The smallest absolute Gasteiger partial charge is 0.224 e. The van der Waals surface area contributed by atoms with E-state index in [9.17, 15) is 9.59 Å². The standard InChI is InChI=1S/C52H78O3/c1-40(2)20-12-21-41(3)22-13-23-42(4)24-14-25-43(5)26-15-27-44(6)28-16-29-45(7)30-17-31-46(8)32-18-33-47(9)34-19-35-48(10)36-37-49-38-50(53)39-51(55-11)52(49)54/h20,22,24,26,28,30,32,34,36,38-39H,12-19,21,23,25,27,29,31,33,35,37H2,1-11H3. The zero-order chi connectivity index (χ0) is 41.0. The maximum Gasteiger partial charge on any atom is 0.224 e. The monoisotopic (exact) mass is 751 g/mol. The van der Waals surface area contributed by atoms with Crippen molar-refractivity contribution in [2.45, 2.75) is 178 Å². The molecule has 0 radical (unpaired) electrons. The molecule has 0 heterocycles. The van der Waals surface area contributed by atoms with Crippen LogP contribution < -0.4 is 0 Å². The third-order valence-corrected chi connectivity index (χ3v) is 10.3. The van der Waals surface area contributed by atoms with E-state index in [1.54, 1.807) is 0 Å². The summed E-state index contributed by atoms with van der Waals surface area (Å²) >= 11 is 0. The third kappa shape index (κ3) is 25.9. The fraction of sp³-hybridized carbons (Fsp3) is 0.538. The summed E-state index contributed by atoms with van der Waals surface area (Å²) < 4.78 is 5.05. The van der Waals surface area contributed by atoms with Gasteiger partial charge >= 0.3 is 0 Å². The number of allylic oxidation sites excluding steroid dienone is 21. The Balaban J connectivity index is 2.26. The summed E-state index contributed by atoms with van der Waals surface area (Å²) in [5.41, 5.74) is 13.6. The van der Waals surface area contributed by atoms with Crippen LogP contribution in [0.4, 0.5) is 0 Å². The first-order valence-corrected chi connectivity index (χ1v) is 21.1. The van der Waals surface area contributed by atoms with E-state index < -0.39 is 0 Å². The van der Waals surface area contributed by atoms with E-state index in [1.807, 2.05) is 0 Å². The van der Waals surface area contributed by atoms with Crippen LogP contribution in [-0.4, -0.2) is 18.7 Å². The van der Waals surface area contributed by atoms with Crippen LogP contribution in [0, 0.1) is 0 Å². The lowest BCUT2D eigenvalue weighted by Crippen LogP contribution is -2.15. The van der Waals surface area contributed by atoms with E-state index in [0.29, 0.717) is 12.0 Å². The van der Waals surface area contributed by atoms with Gasteiger partial charge in [-0.1, -0.05) is 105 Å². The molecule has 0 aliphatic heterocycles. The van der Waals surface area contributed by atoms with Gasteiger partial charge in [-0.3, -0.25) is 9.59 Å². The minimum absolute atomic E-state index is 0.127. The molecule has 0 aromatic rings. The maximum atomic E-state index is 12.4. The normalized spacial score (nSPS) is 15.8. The average molecular weight is 751 g/mol. The van der Waals surface area contributed by atoms with Crippen molar-refractivity contribution in [2.75, 3.05) is 7.11 Å². The number of rotatable bonds is 27. The first-order valence-electron chi connectivity index (χ1n) is 21.1. The molecule has 0 aromatic carbocycles. The predicted octanol–water partition coefficient (Wildman–Crippen LogP) is 15.8. The molecule has 1 aliphatic rings. The first-order chi connectivity index (χ1) is 26.2. The van der Waals surface area contributed by atoms with Gasteiger partial charge in [0, 0.05) is 11.6 Å². The van der Waals surface area contributed by atoms with Crippen LogP contribution in [0.2, 0.25) is 0 Å². The number of ketones is 2. The molecule has 0 fully saturated rings. The van der Waals surface area contributed by atoms with Crippen LogP contribution >= 0.6 is 0 Å². The molecular formula is C52H78O3. The van der Waals surface area contributed by atoms with E-state index in [-0.39, 0.29) is 17.3 Å². The van der Waals surface area contributed by atoms with Crippen molar-refractivity contribution in [3.63, 3.8) is 0 Å². The van der Waals surface area contributed by atoms with Crippen molar-refractivity contribution in [1.29, 1.82) is 0 Å². The Morgan fingerprint density at radius 3 is 0.964 bits per heavy atom. The predicted molar refractivity (Wildman–Crippen MR) is 241 cm³/mol. The fourth-order valence-corrected chi connectivity index (χ4v) is 6.45. The van der Waals surface area contributed by atoms with Gasteiger partial charge < -0.3 is 4.74 Å². The van der Waals surface area contributed by atoms with Crippen LogP contribution in [0.3, 0.4) is 0 Å². The van der Waals surface area contributed by atoms with Gasteiger partial charge in [0.25, 0.3) is 0 Å². The van der Waals surface area contributed by atoms with E-state index in [0.717, 1.165) is 83.5 Å². The van der Waals surface area contributed by atoms with Crippen molar-refractivity contribution in [3.8, 4) is 0 Å². The van der Waals surface area contributed by atoms with E-state index in [4.69, 9.17) is 4.74 Å². The van der Waals surface area contributed by atoms with Crippen LogP contribution in [0.15, 0.2) is 128 Å². The molecule has 1 aliphatic carbocycles. The zero-order valence-corrected chi connectivity index (χ0v) is 37.1. The molecular weight excluding hydrogens is 673 g/mol. The largest absolute Gasteiger partial charge is 0.493 e. The van der Waals surface area contributed by atoms with Crippen LogP contribution in [0.1, 0.15) is 178 Å². The van der Waals surface area contributed by atoms with Crippen molar-refractivity contribution >= 4 is 11.6 Å².